The van der Waals surface area contributed by atoms with Gasteiger partial charge in [0.2, 0.25) is 0 Å². The van der Waals surface area contributed by atoms with Crippen LogP contribution in [0.3, 0.4) is 0 Å². The Bertz CT molecular complexity index is 533. The van der Waals surface area contributed by atoms with Crippen molar-refractivity contribution in [3.63, 3.8) is 0 Å². The van der Waals surface area contributed by atoms with Gasteiger partial charge in [-0.15, -0.1) is 11.3 Å². The first-order valence-corrected chi connectivity index (χ1v) is 7.37. The average Bonchev–Trinajstić information content (AvgIpc) is 2.73. The molecule has 1 unspecified atom stereocenters. The molecule has 1 nitrogen and oxygen atoms in total. The molecule has 0 saturated heterocycles. The van der Waals surface area contributed by atoms with Crippen molar-refractivity contribution in [2.24, 2.45) is 0 Å². The number of hydrogen-bond acceptors (Lipinski definition) is 2. The number of nitrogens with one attached hydrogen (secondary N) is 1. The van der Waals surface area contributed by atoms with E-state index in [1.807, 2.05) is 17.4 Å². The number of thiophene rings is 1. The molecule has 0 spiro atoms. The molecule has 1 atom stereocenters. The maximum atomic E-state index is 6.38. The van der Waals surface area contributed by atoms with E-state index in [1.165, 1.54) is 15.3 Å². The van der Waals surface area contributed by atoms with Gasteiger partial charge in [0, 0.05) is 14.8 Å². The Kier molecular flexibility index (Phi) is 4.44. The smallest absolute Gasteiger partial charge is 0.0685 e. The molecule has 0 aliphatic carbocycles. The van der Waals surface area contributed by atoms with Crippen LogP contribution in [0.2, 0.25) is 5.02 Å². The zero-order valence-corrected chi connectivity index (χ0v) is 12.5. The predicted molar refractivity (Wildman–Crippen MR) is 80.8 cm³/mol. The van der Waals surface area contributed by atoms with E-state index in [4.69, 9.17) is 11.6 Å². The van der Waals surface area contributed by atoms with E-state index in [0.29, 0.717) is 0 Å². The molecule has 2 rings (SSSR count). The third-order valence-electron chi connectivity index (χ3n) is 2.92. The summed E-state index contributed by atoms with van der Waals surface area (Å²) in [6.07, 6.45) is 0. The molecule has 0 aliphatic rings. The van der Waals surface area contributed by atoms with Gasteiger partial charge in [-0.2, -0.15) is 0 Å². The highest BCUT2D eigenvalue weighted by Crippen LogP contribution is 2.32. The van der Waals surface area contributed by atoms with Gasteiger partial charge < -0.3 is 5.32 Å². The zero-order chi connectivity index (χ0) is 13.1. The fraction of sp³-hybridized carbons (Fsp3) is 0.333. The lowest BCUT2D eigenvalue weighted by Crippen LogP contribution is -2.21. The molecular weight excluding hydrogens is 262 g/mol. The number of benzene rings is 1. The molecule has 3 heteroatoms. The minimum Gasteiger partial charge on any atom is -0.306 e. The summed E-state index contributed by atoms with van der Waals surface area (Å²) in [6.45, 7) is 7.24. The van der Waals surface area contributed by atoms with Gasteiger partial charge in [0.1, 0.15) is 0 Å². The molecule has 0 aliphatic heterocycles. The van der Waals surface area contributed by atoms with Crippen molar-refractivity contribution in [1.82, 2.24) is 5.32 Å². The van der Waals surface area contributed by atoms with E-state index in [-0.39, 0.29) is 6.04 Å². The Morgan fingerprint density at radius 2 is 2.00 bits per heavy atom. The van der Waals surface area contributed by atoms with Crippen molar-refractivity contribution in [2.45, 2.75) is 26.8 Å². The molecule has 96 valence electrons. The van der Waals surface area contributed by atoms with E-state index in [0.717, 1.165) is 17.1 Å². The second-order valence-electron chi connectivity index (χ2n) is 4.46. The van der Waals surface area contributed by atoms with Gasteiger partial charge in [0.25, 0.3) is 0 Å². The van der Waals surface area contributed by atoms with Crippen molar-refractivity contribution in [3.05, 3.63) is 56.2 Å². The maximum Gasteiger partial charge on any atom is 0.0685 e. The molecule has 0 fully saturated rings. The number of aryl methyl sites for hydroxylation is 2. The molecular formula is C15H18ClNS. The number of rotatable bonds is 4. The summed E-state index contributed by atoms with van der Waals surface area (Å²) in [5.41, 5.74) is 2.35. The lowest BCUT2D eigenvalue weighted by molar-refractivity contribution is 0.640. The van der Waals surface area contributed by atoms with Crippen LogP contribution in [0.5, 0.6) is 0 Å². The van der Waals surface area contributed by atoms with Gasteiger partial charge >= 0.3 is 0 Å². The second-order valence-corrected chi connectivity index (χ2v) is 6.19. The quantitative estimate of drug-likeness (QED) is 0.854. The van der Waals surface area contributed by atoms with Crippen LogP contribution in [-0.2, 0) is 0 Å². The average molecular weight is 280 g/mol. The van der Waals surface area contributed by atoms with Gasteiger partial charge in [-0.1, -0.05) is 30.7 Å². The van der Waals surface area contributed by atoms with E-state index in [9.17, 15) is 0 Å². The van der Waals surface area contributed by atoms with E-state index >= 15 is 0 Å². The van der Waals surface area contributed by atoms with E-state index in [1.54, 1.807) is 0 Å². The molecule has 1 heterocycles. The standard InChI is InChI=1S/C15H18ClNS/c1-4-17-15(14-8-6-11(3)18-14)12-7-5-10(2)9-13(12)16/h5-9,15,17H,4H2,1-3H3. The second kappa shape index (κ2) is 5.87. The van der Waals surface area contributed by atoms with Crippen molar-refractivity contribution in [3.8, 4) is 0 Å². The Morgan fingerprint density at radius 3 is 2.56 bits per heavy atom. The van der Waals surface area contributed by atoms with Crippen LogP contribution in [0, 0.1) is 13.8 Å². The Balaban J connectivity index is 2.41. The van der Waals surface area contributed by atoms with Crippen LogP contribution in [0.15, 0.2) is 30.3 Å². The summed E-state index contributed by atoms with van der Waals surface area (Å²) in [5, 5.41) is 4.35. The minimum atomic E-state index is 0.196. The van der Waals surface area contributed by atoms with Crippen LogP contribution in [-0.4, -0.2) is 6.54 Å². The van der Waals surface area contributed by atoms with Gasteiger partial charge in [-0.05, 0) is 49.7 Å². The first kappa shape index (κ1) is 13.6. The van der Waals surface area contributed by atoms with Gasteiger partial charge in [0.05, 0.1) is 6.04 Å². The Morgan fingerprint density at radius 1 is 1.22 bits per heavy atom. The van der Waals surface area contributed by atoms with Gasteiger partial charge in [-0.3, -0.25) is 0 Å². The summed E-state index contributed by atoms with van der Waals surface area (Å²) in [6, 6.07) is 10.8. The highest BCUT2D eigenvalue weighted by molar-refractivity contribution is 7.12. The molecule has 1 aromatic carbocycles. The van der Waals surface area contributed by atoms with E-state index in [2.05, 4.69) is 50.4 Å². The van der Waals surface area contributed by atoms with Gasteiger partial charge in [-0.25, -0.2) is 0 Å². The van der Waals surface area contributed by atoms with Crippen LogP contribution >= 0.6 is 22.9 Å². The highest BCUT2D eigenvalue weighted by atomic mass is 35.5. The normalized spacial score (nSPS) is 12.7. The first-order chi connectivity index (χ1) is 8.61. The highest BCUT2D eigenvalue weighted by Gasteiger charge is 2.17. The van der Waals surface area contributed by atoms with Crippen molar-refractivity contribution < 1.29 is 0 Å². The Hall–Kier alpha value is -0.830. The molecule has 2 aromatic rings. The molecule has 1 aromatic heterocycles. The summed E-state index contributed by atoms with van der Waals surface area (Å²) in [4.78, 5) is 2.65. The number of halogens is 1. The van der Waals surface area contributed by atoms with Crippen molar-refractivity contribution >= 4 is 22.9 Å². The lowest BCUT2D eigenvalue weighted by atomic mass is 10.0. The van der Waals surface area contributed by atoms with Crippen molar-refractivity contribution in [1.29, 1.82) is 0 Å². The fourth-order valence-electron chi connectivity index (χ4n) is 2.04. The molecule has 1 N–H and O–H groups in total. The molecule has 0 amide bonds. The van der Waals surface area contributed by atoms with Crippen LogP contribution in [0.25, 0.3) is 0 Å². The minimum absolute atomic E-state index is 0.196. The number of hydrogen-bond donors (Lipinski definition) is 1. The summed E-state index contributed by atoms with van der Waals surface area (Å²) in [5.74, 6) is 0. The summed E-state index contributed by atoms with van der Waals surface area (Å²) >= 11 is 8.20. The third-order valence-corrected chi connectivity index (χ3v) is 4.31. The largest absolute Gasteiger partial charge is 0.306 e. The Labute approximate surface area is 118 Å². The SMILES string of the molecule is CCNC(c1ccc(C)s1)c1ccc(C)cc1Cl. The monoisotopic (exact) mass is 279 g/mol. The van der Waals surface area contributed by atoms with E-state index < -0.39 is 0 Å². The summed E-state index contributed by atoms with van der Waals surface area (Å²) < 4.78 is 0. The zero-order valence-electron chi connectivity index (χ0n) is 11.0. The third kappa shape index (κ3) is 2.94. The lowest BCUT2D eigenvalue weighted by Gasteiger charge is -2.18. The predicted octanol–water partition coefficient (Wildman–Crippen LogP) is 4.72. The van der Waals surface area contributed by atoms with Crippen molar-refractivity contribution in [2.75, 3.05) is 6.54 Å². The molecule has 0 saturated carbocycles. The van der Waals surface area contributed by atoms with Crippen LogP contribution in [0.1, 0.15) is 33.8 Å². The van der Waals surface area contributed by atoms with Gasteiger partial charge in [0.15, 0.2) is 0 Å². The first-order valence-electron chi connectivity index (χ1n) is 6.17. The molecule has 0 bridgehead atoms. The van der Waals surface area contributed by atoms with Crippen LogP contribution < -0.4 is 5.32 Å². The van der Waals surface area contributed by atoms with Crippen LogP contribution in [0.4, 0.5) is 0 Å². The molecule has 18 heavy (non-hydrogen) atoms. The molecule has 0 radical (unpaired) electrons. The topological polar surface area (TPSA) is 12.0 Å². The summed E-state index contributed by atoms with van der Waals surface area (Å²) in [7, 11) is 0. The maximum absolute atomic E-state index is 6.38. The fourth-order valence-corrected chi connectivity index (χ4v) is 3.36.